The van der Waals surface area contributed by atoms with Crippen molar-refractivity contribution in [3.8, 4) is 0 Å². The summed E-state index contributed by atoms with van der Waals surface area (Å²) in [4.78, 5) is 10.7. The maximum Gasteiger partial charge on any atom is 0.335 e. The summed E-state index contributed by atoms with van der Waals surface area (Å²) < 4.78 is 10.4. The van der Waals surface area contributed by atoms with Crippen molar-refractivity contribution in [1.82, 2.24) is 0 Å². The molecular formula is C10H13ClO4. The molecule has 0 heterocycles. The molecule has 1 N–H and O–H groups in total. The van der Waals surface area contributed by atoms with Crippen LogP contribution in [0.1, 0.15) is 13.3 Å². The van der Waals surface area contributed by atoms with E-state index in [2.05, 4.69) is 0 Å². The highest BCUT2D eigenvalue weighted by atomic mass is 35.5. The van der Waals surface area contributed by atoms with Gasteiger partial charge < -0.3 is 14.6 Å². The highest BCUT2D eigenvalue weighted by molar-refractivity contribution is 6.25. The predicted octanol–water partition coefficient (Wildman–Crippen LogP) is 1.90. The summed E-state index contributed by atoms with van der Waals surface area (Å²) in [6.07, 6.45) is 3.19. The van der Waals surface area contributed by atoms with Gasteiger partial charge in [-0.2, -0.15) is 0 Å². The van der Waals surface area contributed by atoms with Gasteiger partial charge in [-0.3, -0.25) is 0 Å². The third-order valence-corrected chi connectivity index (χ3v) is 2.53. The zero-order chi connectivity index (χ0) is 11.5. The maximum absolute atomic E-state index is 10.7. The maximum atomic E-state index is 10.7. The van der Waals surface area contributed by atoms with Gasteiger partial charge in [0, 0.05) is 13.0 Å². The SMILES string of the molecule is CCOC1(Cl)CC=C(C(=O)O)C=C1OC. The molecular weight excluding hydrogens is 220 g/mol. The van der Waals surface area contributed by atoms with Crippen molar-refractivity contribution < 1.29 is 19.4 Å². The van der Waals surface area contributed by atoms with Gasteiger partial charge >= 0.3 is 5.97 Å². The van der Waals surface area contributed by atoms with E-state index in [1.165, 1.54) is 19.3 Å². The van der Waals surface area contributed by atoms with Crippen LogP contribution in [0.3, 0.4) is 0 Å². The van der Waals surface area contributed by atoms with Crippen LogP contribution < -0.4 is 0 Å². The van der Waals surface area contributed by atoms with Crippen molar-refractivity contribution in [3.63, 3.8) is 0 Å². The summed E-state index contributed by atoms with van der Waals surface area (Å²) in [6, 6.07) is 0. The van der Waals surface area contributed by atoms with E-state index in [0.29, 0.717) is 12.4 Å². The van der Waals surface area contributed by atoms with Crippen LogP contribution in [0, 0.1) is 0 Å². The second kappa shape index (κ2) is 4.68. The summed E-state index contributed by atoms with van der Waals surface area (Å²) in [7, 11) is 1.44. The molecule has 15 heavy (non-hydrogen) atoms. The molecule has 0 saturated heterocycles. The second-order valence-corrected chi connectivity index (χ2v) is 3.65. The van der Waals surface area contributed by atoms with Crippen LogP contribution >= 0.6 is 11.6 Å². The molecule has 0 fully saturated rings. The monoisotopic (exact) mass is 232 g/mol. The number of methoxy groups -OCH3 is 1. The minimum atomic E-state index is -1.07. The summed E-state index contributed by atoms with van der Waals surface area (Å²) >= 11 is 6.16. The van der Waals surface area contributed by atoms with Gasteiger partial charge in [-0.1, -0.05) is 17.7 Å². The molecule has 1 unspecified atom stereocenters. The Bertz CT molecular complexity index is 321. The molecule has 0 saturated carbocycles. The average molecular weight is 233 g/mol. The highest BCUT2D eigenvalue weighted by Gasteiger charge is 2.36. The first-order valence-electron chi connectivity index (χ1n) is 4.56. The number of rotatable bonds is 4. The molecule has 84 valence electrons. The Kier molecular flexibility index (Phi) is 3.77. The molecule has 1 rings (SSSR count). The van der Waals surface area contributed by atoms with Crippen LogP contribution in [0.2, 0.25) is 0 Å². The quantitative estimate of drug-likeness (QED) is 0.753. The number of carbonyl (C=O) groups is 1. The molecule has 1 atom stereocenters. The Hall–Kier alpha value is -1.00. The topological polar surface area (TPSA) is 55.8 Å². The summed E-state index contributed by atoms with van der Waals surface area (Å²) in [5, 5.41) is 7.73. The van der Waals surface area contributed by atoms with Crippen LogP contribution in [0.15, 0.2) is 23.5 Å². The van der Waals surface area contributed by atoms with Gasteiger partial charge in [0.15, 0.2) is 0 Å². The number of aliphatic carboxylic acids is 1. The van der Waals surface area contributed by atoms with Crippen LogP contribution in [0.4, 0.5) is 0 Å². The number of carboxylic acid groups (broad SMARTS) is 1. The van der Waals surface area contributed by atoms with E-state index in [1.54, 1.807) is 0 Å². The van der Waals surface area contributed by atoms with Crippen LogP contribution in [0.25, 0.3) is 0 Å². The number of halogens is 1. The molecule has 0 aromatic heterocycles. The van der Waals surface area contributed by atoms with E-state index in [0.717, 1.165) is 0 Å². The van der Waals surface area contributed by atoms with Crippen molar-refractivity contribution >= 4 is 17.6 Å². The van der Waals surface area contributed by atoms with E-state index in [4.69, 9.17) is 26.2 Å². The van der Waals surface area contributed by atoms with Crippen molar-refractivity contribution in [2.24, 2.45) is 0 Å². The smallest absolute Gasteiger partial charge is 0.335 e. The van der Waals surface area contributed by atoms with Gasteiger partial charge in [0.2, 0.25) is 5.06 Å². The molecule has 5 heteroatoms. The zero-order valence-corrected chi connectivity index (χ0v) is 9.37. The lowest BCUT2D eigenvalue weighted by Crippen LogP contribution is -2.31. The van der Waals surface area contributed by atoms with Crippen LogP contribution in [0.5, 0.6) is 0 Å². The number of alkyl halides is 1. The Morgan fingerprint density at radius 1 is 1.73 bits per heavy atom. The van der Waals surface area contributed by atoms with E-state index in [9.17, 15) is 4.79 Å². The fraction of sp³-hybridized carbons (Fsp3) is 0.500. The van der Waals surface area contributed by atoms with Gasteiger partial charge in [0.1, 0.15) is 5.76 Å². The molecule has 0 aromatic rings. The lowest BCUT2D eigenvalue weighted by Gasteiger charge is -2.29. The number of ether oxygens (including phenoxy) is 2. The van der Waals surface area contributed by atoms with Crippen molar-refractivity contribution in [2.45, 2.75) is 18.4 Å². The van der Waals surface area contributed by atoms with Gasteiger partial charge in [-0.05, 0) is 13.0 Å². The normalized spacial score (nSPS) is 25.5. The summed E-state index contributed by atoms with van der Waals surface area (Å²) in [5.41, 5.74) is 0.169. The van der Waals surface area contributed by atoms with Gasteiger partial charge in [-0.25, -0.2) is 4.79 Å². The summed E-state index contributed by atoms with van der Waals surface area (Å²) in [6.45, 7) is 2.24. The first-order chi connectivity index (χ1) is 7.03. The lowest BCUT2D eigenvalue weighted by molar-refractivity contribution is -0.132. The Morgan fingerprint density at radius 2 is 2.40 bits per heavy atom. The van der Waals surface area contributed by atoms with E-state index in [1.807, 2.05) is 6.92 Å². The zero-order valence-electron chi connectivity index (χ0n) is 8.62. The molecule has 0 aromatic carbocycles. The number of carboxylic acids is 1. The predicted molar refractivity (Wildman–Crippen MR) is 55.6 cm³/mol. The third-order valence-electron chi connectivity index (χ3n) is 2.08. The molecule has 4 nitrogen and oxygen atoms in total. The molecule has 0 amide bonds. The molecule has 1 aliphatic carbocycles. The molecule has 0 spiro atoms. The second-order valence-electron chi connectivity index (χ2n) is 3.04. The highest BCUT2D eigenvalue weighted by Crippen LogP contribution is 2.36. The number of hydrogen-bond donors (Lipinski definition) is 1. The largest absolute Gasteiger partial charge is 0.497 e. The van der Waals surface area contributed by atoms with Gasteiger partial charge in [0.25, 0.3) is 0 Å². The first-order valence-corrected chi connectivity index (χ1v) is 4.93. The first kappa shape index (κ1) is 12.1. The standard InChI is InChI=1S/C10H13ClO4/c1-3-15-10(11)5-4-7(9(12)13)6-8(10)14-2/h4,6H,3,5H2,1-2H3,(H,12,13). The molecule has 0 aliphatic heterocycles. The minimum absolute atomic E-state index is 0.169. The Balaban J connectivity index is 2.94. The van der Waals surface area contributed by atoms with E-state index >= 15 is 0 Å². The van der Waals surface area contributed by atoms with Crippen molar-refractivity contribution in [1.29, 1.82) is 0 Å². The summed E-state index contributed by atoms with van der Waals surface area (Å²) in [5.74, 6) is -0.675. The van der Waals surface area contributed by atoms with Crippen LogP contribution in [-0.2, 0) is 14.3 Å². The van der Waals surface area contributed by atoms with Gasteiger partial charge in [0.05, 0.1) is 12.7 Å². The molecule has 0 bridgehead atoms. The molecule has 0 radical (unpaired) electrons. The fourth-order valence-corrected chi connectivity index (χ4v) is 1.69. The third kappa shape index (κ3) is 2.52. The molecule has 1 aliphatic rings. The Labute approximate surface area is 93.1 Å². The average Bonchev–Trinajstić information content (AvgIpc) is 2.18. The van der Waals surface area contributed by atoms with E-state index in [-0.39, 0.29) is 12.0 Å². The van der Waals surface area contributed by atoms with Crippen molar-refractivity contribution in [2.75, 3.05) is 13.7 Å². The Morgan fingerprint density at radius 3 is 2.87 bits per heavy atom. The van der Waals surface area contributed by atoms with Crippen molar-refractivity contribution in [3.05, 3.63) is 23.5 Å². The number of hydrogen-bond acceptors (Lipinski definition) is 3. The van der Waals surface area contributed by atoms with Crippen LogP contribution in [-0.4, -0.2) is 29.9 Å². The van der Waals surface area contributed by atoms with E-state index < -0.39 is 11.0 Å². The minimum Gasteiger partial charge on any atom is -0.497 e. The van der Waals surface area contributed by atoms with Gasteiger partial charge in [-0.15, -0.1) is 0 Å². The fourth-order valence-electron chi connectivity index (χ4n) is 1.37. The lowest BCUT2D eigenvalue weighted by atomic mass is 10.0.